The fourth-order valence-corrected chi connectivity index (χ4v) is 2.32. The van der Waals surface area contributed by atoms with Crippen LogP contribution in [0, 0.1) is 12.7 Å². The van der Waals surface area contributed by atoms with Gasteiger partial charge in [0.25, 0.3) is 0 Å². The number of halogens is 1. The van der Waals surface area contributed by atoms with Crippen LogP contribution < -0.4 is 10.6 Å². The Labute approximate surface area is 123 Å². The Kier molecular flexibility index (Phi) is 5.14. The SMILES string of the molecule is Cc1cc(F)ccc1NCC(=O)NCC(=O)N1CCCC1. The Morgan fingerprint density at radius 2 is 1.95 bits per heavy atom. The monoisotopic (exact) mass is 293 g/mol. The second-order valence-electron chi connectivity index (χ2n) is 5.18. The van der Waals surface area contributed by atoms with Crippen molar-refractivity contribution in [3.8, 4) is 0 Å². The van der Waals surface area contributed by atoms with Gasteiger partial charge >= 0.3 is 0 Å². The predicted octanol–water partition coefficient (Wildman–Crippen LogP) is 1.28. The Morgan fingerprint density at radius 1 is 1.24 bits per heavy atom. The lowest BCUT2D eigenvalue weighted by atomic mass is 10.2. The summed E-state index contributed by atoms with van der Waals surface area (Å²) >= 11 is 0. The van der Waals surface area contributed by atoms with Crippen molar-refractivity contribution in [1.82, 2.24) is 10.2 Å². The van der Waals surface area contributed by atoms with Crippen LogP contribution in [0.4, 0.5) is 10.1 Å². The van der Waals surface area contributed by atoms with E-state index in [1.807, 2.05) is 0 Å². The maximum atomic E-state index is 13.0. The molecule has 0 radical (unpaired) electrons. The van der Waals surface area contributed by atoms with Crippen LogP contribution in [-0.4, -0.2) is 42.9 Å². The van der Waals surface area contributed by atoms with Crippen molar-refractivity contribution in [3.63, 3.8) is 0 Å². The molecule has 21 heavy (non-hydrogen) atoms. The molecule has 1 aliphatic heterocycles. The first kappa shape index (κ1) is 15.3. The van der Waals surface area contributed by atoms with E-state index in [-0.39, 0.29) is 30.7 Å². The van der Waals surface area contributed by atoms with Crippen LogP contribution in [0.1, 0.15) is 18.4 Å². The minimum atomic E-state index is -0.307. The quantitative estimate of drug-likeness (QED) is 0.860. The number of nitrogens with zero attached hydrogens (tertiary/aromatic N) is 1. The lowest BCUT2D eigenvalue weighted by Gasteiger charge is -2.15. The average Bonchev–Trinajstić information content (AvgIpc) is 2.98. The van der Waals surface area contributed by atoms with Gasteiger partial charge in [0.2, 0.25) is 11.8 Å². The number of anilines is 1. The van der Waals surface area contributed by atoms with Crippen LogP contribution in [0.5, 0.6) is 0 Å². The van der Waals surface area contributed by atoms with Gasteiger partial charge < -0.3 is 15.5 Å². The van der Waals surface area contributed by atoms with Crippen molar-refractivity contribution < 1.29 is 14.0 Å². The molecule has 0 aromatic heterocycles. The highest BCUT2D eigenvalue weighted by atomic mass is 19.1. The van der Waals surface area contributed by atoms with Crippen molar-refractivity contribution in [2.45, 2.75) is 19.8 Å². The topological polar surface area (TPSA) is 61.4 Å². The molecule has 1 aliphatic rings. The molecule has 114 valence electrons. The van der Waals surface area contributed by atoms with E-state index >= 15 is 0 Å². The van der Waals surface area contributed by atoms with E-state index in [1.54, 1.807) is 17.9 Å². The zero-order chi connectivity index (χ0) is 15.2. The highest BCUT2D eigenvalue weighted by Gasteiger charge is 2.17. The molecule has 2 rings (SSSR count). The molecule has 0 saturated carbocycles. The third-order valence-electron chi connectivity index (χ3n) is 3.52. The van der Waals surface area contributed by atoms with Crippen molar-refractivity contribution >= 4 is 17.5 Å². The molecule has 0 spiro atoms. The molecule has 0 aliphatic carbocycles. The molecule has 0 unspecified atom stereocenters. The molecule has 6 heteroatoms. The number of likely N-dealkylation sites (tertiary alicyclic amines) is 1. The third kappa shape index (κ3) is 4.44. The summed E-state index contributed by atoms with van der Waals surface area (Å²) in [5, 5.41) is 5.52. The molecule has 2 N–H and O–H groups in total. The maximum Gasteiger partial charge on any atom is 0.241 e. The smallest absolute Gasteiger partial charge is 0.241 e. The molecule has 1 saturated heterocycles. The lowest BCUT2D eigenvalue weighted by molar-refractivity contribution is -0.131. The van der Waals surface area contributed by atoms with Crippen LogP contribution in [0.3, 0.4) is 0 Å². The number of aryl methyl sites for hydroxylation is 1. The third-order valence-corrected chi connectivity index (χ3v) is 3.52. The average molecular weight is 293 g/mol. The summed E-state index contributed by atoms with van der Waals surface area (Å²) in [5.74, 6) is -0.608. The highest BCUT2D eigenvalue weighted by molar-refractivity contribution is 5.87. The van der Waals surface area contributed by atoms with E-state index in [2.05, 4.69) is 10.6 Å². The van der Waals surface area contributed by atoms with Gasteiger partial charge in [0, 0.05) is 18.8 Å². The lowest BCUT2D eigenvalue weighted by Crippen LogP contribution is -2.40. The summed E-state index contributed by atoms with van der Waals surface area (Å²) in [6, 6.07) is 4.33. The van der Waals surface area contributed by atoms with E-state index in [1.165, 1.54) is 12.1 Å². The fourth-order valence-electron chi connectivity index (χ4n) is 2.32. The first-order valence-corrected chi connectivity index (χ1v) is 7.11. The van der Waals surface area contributed by atoms with Gasteiger partial charge in [-0.1, -0.05) is 0 Å². The van der Waals surface area contributed by atoms with Gasteiger partial charge in [-0.3, -0.25) is 9.59 Å². The summed E-state index contributed by atoms with van der Waals surface area (Å²) in [7, 11) is 0. The van der Waals surface area contributed by atoms with E-state index in [4.69, 9.17) is 0 Å². The van der Waals surface area contributed by atoms with E-state index < -0.39 is 0 Å². The maximum absolute atomic E-state index is 13.0. The second kappa shape index (κ2) is 7.06. The number of hydrogen-bond acceptors (Lipinski definition) is 3. The number of carbonyl (C=O) groups is 2. The van der Waals surface area contributed by atoms with Crippen LogP contribution in [0.2, 0.25) is 0 Å². The first-order valence-electron chi connectivity index (χ1n) is 7.11. The van der Waals surface area contributed by atoms with Crippen LogP contribution >= 0.6 is 0 Å². The molecule has 0 atom stereocenters. The van der Waals surface area contributed by atoms with Crippen LogP contribution in [-0.2, 0) is 9.59 Å². The largest absolute Gasteiger partial charge is 0.376 e. The molecule has 1 fully saturated rings. The first-order chi connectivity index (χ1) is 10.1. The predicted molar refractivity (Wildman–Crippen MR) is 78.5 cm³/mol. The van der Waals surface area contributed by atoms with Gasteiger partial charge in [-0.2, -0.15) is 0 Å². The second-order valence-corrected chi connectivity index (χ2v) is 5.18. The summed E-state index contributed by atoms with van der Waals surface area (Å²) in [4.78, 5) is 25.2. The highest BCUT2D eigenvalue weighted by Crippen LogP contribution is 2.15. The summed E-state index contributed by atoms with van der Waals surface area (Å²) in [5.41, 5.74) is 1.44. The zero-order valence-electron chi connectivity index (χ0n) is 12.1. The molecule has 5 nitrogen and oxygen atoms in total. The molecule has 1 heterocycles. The van der Waals surface area contributed by atoms with Gasteiger partial charge in [-0.05, 0) is 43.5 Å². The van der Waals surface area contributed by atoms with Crippen LogP contribution in [0.15, 0.2) is 18.2 Å². The van der Waals surface area contributed by atoms with Crippen molar-refractivity contribution in [2.24, 2.45) is 0 Å². The molecular weight excluding hydrogens is 273 g/mol. The Hall–Kier alpha value is -2.11. The van der Waals surface area contributed by atoms with Crippen molar-refractivity contribution in [1.29, 1.82) is 0 Å². The molecule has 1 aromatic rings. The molecular formula is C15H20FN3O2. The fraction of sp³-hybridized carbons (Fsp3) is 0.467. The van der Waals surface area contributed by atoms with E-state index in [0.717, 1.165) is 31.5 Å². The Balaban J connectivity index is 1.73. The molecule has 0 bridgehead atoms. The number of hydrogen-bond donors (Lipinski definition) is 2. The summed E-state index contributed by atoms with van der Waals surface area (Å²) in [6.45, 7) is 3.41. The van der Waals surface area contributed by atoms with E-state index in [9.17, 15) is 14.0 Å². The number of amides is 2. The number of nitrogens with one attached hydrogen (secondary N) is 2. The Bertz CT molecular complexity index is 528. The van der Waals surface area contributed by atoms with Gasteiger partial charge in [-0.15, -0.1) is 0 Å². The summed E-state index contributed by atoms with van der Waals surface area (Å²) < 4.78 is 13.0. The van der Waals surface area contributed by atoms with Crippen LogP contribution in [0.25, 0.3) is 0 Å². The van der Waals surface area contributed by atoms with Gasteiger partial charge in [0.15, 0.2) is 0 Å². The molecule has 2 amide bonds. The number of benzene rings is 1. The van der Waals surface area contributed by atoms with Crippen molar-refractivity contribution in [3.05, 3.63) is 29.6 Å². The van der Waals surface area contributed by atoms with Gasteiger partial charge in [0.05, 0.1) is 13.1 Å². The number of carbonyl (C=O) groups excluding carboxylic acids is 2. The Morgan fingerprint density at radius 3 is 2.62 bits per heavy atom. The minimum Gasteiger partial charge on any atom is -0.376 e. The summed E-state index contributed by atoms with van der Waals surface area (Å²) in [6.07, 6.45) is 2.07. The minimum absolute atomic E-state index is 0.0307. The van der Waals surface area contributed by atoms with Crippen molar-refractivity contribution in [2.75, 3.05) is 31.5 Å². The normalized spacial score (nSPS) is 14.1. The van der Waals surface area contributed by atoms with E-state index in [0.29, 0.717) is 5.69 Å². The van der Waals surface area contributed by atoms with Gasteiger partial charge in [0.1, 0.15) is 5.82 Å². The standard InChI is InChI=1S/C15H20FN3O2/c1-11-8-12(16)4-5-13(11)17-9-14(20)18-10-15(21)19-6-2-3-7-19/h4-5,8,17H,2-3,6-7,9-10H2,1H3,(H,18,20). The zero-order valence-corrected chi connectivity index (χ0v) is 12.1. The van der Waals surface area contributed by atoms with Gasteiger partial charge in [-0.25, -0.2) is 4.39 Å². The molecule has 1 aromatic carbocycles. The number of rotatable bonds is 5.